The van der Waals surface area contributed by atoms with Crippen molar-refractivity contribution >= 4 is 50.5 Å². The minimum Gasteiger partial charge on any atom is -0.366 e. The first-order valence-corrected chi connectivity index (χ1v) is 10.6. The van der Waals surface area contributed by atoms with Crippen molar-refractivity contribution in [2.45, 2.75) is 4.90 Å². The van der Waals surface area contributed by atoms with Crippen LogP contribution >= 0.6 is 12.4 Å². The Morgan fingerprint density at radius 1 is 0.903 bits per heavy atom. The van der Waals surface area contributed by atoms with E-state index in [0.717, 1.165) is 21.9 Å². The number of halogens is 1. The molecule has 31 heavy (non-hydrogen) atoms. The molecule has 10 heteroatoms. The second-order valence-electron chi connectivity index (χ2n) is 6.77. The van der Waals surface area contributed by atoms with Gasteiger partial charge in [-0.25, -0.2) is 12.9 Å². The second-order valence-corrected chi connectivity index (χ2v) is 8.45. The van der Waals surface area contributed by atoms with Gasteiger partial charge >= 0.3 is 0 Å². The lowest BCUT2D eigenvalue weighted by Crippen LogP contribution is -2.13. The summed E-state index contributed by atoms with van der Waals surface area (Å²) in [7, 11) is -3.77. The number of nitrogens with two attached hydrogens (primary N) is 1. The van der Waals surface area contributed by atoms with Crippen LogP contribution < -0.4 is 10.5 Å². The number of nitrogen functional groups attached to an aromatic ring is 1. The molecule has 156 valence electrons. The number of aromatic nitrogens is 4. The lowest BCUT2D eigenvalue weighted by atomic mass is 10.1. The van der Waals surface area contributed by atoms with Crippen molar-refractivity contribution in [2.75, 3.05) is 10.5 Å². The lowest BCUT2D eigenvalue weighted by Gasteiger charge is -2.10. The van der Waals surface area contributed by atoms with Gasteiger partial charge < -0.3 is 5.73 Å². The molecule has 8 nitrogen and oxygen atoms in total. The van der Waals surface area contributed by atoms with Crippen molar-refractivity contribution in [3.63, 3.8) is 0 Å². The van der Waals surface area contributed by atoms with Crippen LogP contribution in [-0.4, -0.2) is 28.0 Å². The largest absolute Gasteiger partial charge is 0.366 e. The molecule has 0 aliphatic rings. The molecule has 0 atom stereocenters. The molecular formula is C21H17ClN6O2S. The number of hydrogen-bond donors (Lipinski definition) is 2. The summed E-state index contributed by atoms with van der Waals surface area (Å²) < 4.78 is 30.0. The van der Waals surface area contributed by atoms with Crippen molar-refractivity contribution in [3.8, 4) is 11.1 Å². The first kappa shape index (κ1) is 20.6. The molecule has 3 aromatic heterocycles. The number of fused-ring (bicyclic) bond motifs is 2. The standard InChI is InChI=1S/C21H16N6O2S.ClH/c22-21-24-20-8-6-16(13-27(20)25-21)17-9-18(12-23-11-17)26-30(28,29)19-7-5-14-3-1-2-4-15(14)10-19;/h1-13,26H,(H2,22,25);1H. The first-order valence-electron chi connectivity index (χ1n) is 9.07. The summed E-state index contributed by atoms with van der Waals surface area (Å²) >= 11 is 0. The first-order chi connectivity index (χ1) is 14.5. The fourth-order valence-electron chi connectivity index (χ4n) is 3.27. The van der Waals surface area contributed by atoms with Crippen molar-refractivity contribution in [2.24, 2.45) is 0 Å². The molecule has 0 aliphatic heterocycles. The van der Waals surface area contributed by atoms with Gasteiger partial charge in [-0.3, -0.25) is 9.71 Å². The molecular weight excluding hydrogens is 436 g/mol. The van der Waals surface area contributed by atoms with E-state index in [9.17, 15) is 8.42 Å². The Labute approximate surface area is 184 Å². The highest BCUT2D eigenvalue weighted by Gasteiger charge is 2.15. The highest BCUT2D eigenvalue weighted by Crippen LogP contribution is 2.25. The number of pyridine rings is 2. The van der Waals surface area contributed by atoms with Crippen LogP contribution in [0.15, 0.2) is 84.1 Å². The Bertz CT molecular complexity index is 1520. The van der Waals surface area contributed by atoms with Crippen LogP contribution in [0, 0.1) is 0 Å². The van der Waals surface area contributed by atoms with Gasteiger partial charge in [0.05, 0.1) is 16.8 Å². The normalized spacial score (nSPS) is 11.4. The van der Waals surface area contributed by atoms with Crippen LogP contribution in [0.4, 0.5) is 11.6 Å². The third-order valence-electron chi connectivity index (χ3n) is 4.70. The average Bonchev–Trinajstić information content (AvgIpc) is 3.12. The summed E-state index contributed by atoms with van der Waals surface area (Å²) in [5.41, 5.74) is 8.14. The quantitative estimate of drug-likeness (QED) is 0.429. The number of anilines is 2. The van der Waals surface area contributed by atoms with E-state index in [2.05, 4.69) is 19.8 Å². The van der Waals surface area contributed by atoms with Crippen LogP contribution in [0.3, 0.4) is 0 Å². The number of nitrogens with one attached hydrogen (secondary N) is 1. The van der Waals surface area contributed by atoms with Crippen molar-refractivity contribution in [1.82, 2.24) is 19.6 Å². The van der Waals surface area contributed by atoms with E-state index in [4.69, 9.17) is 5.73 Å². The highest BCUT2D eigenvalue weighted by atomic mass is 35.5. The topological polar surface area (TPSA) is 115 Å². The number of sulfonamides is 1. The van der Waals surface area contributed by atoms with E-state index in [-0.39, 0.29) is 23.3 Å². The Balaban J connectivity index is 0.00000231. The van der Waals surface area contributed by atoms with Gasteiger partial charge in [-0.2, -0.15) is 4.98 Å². The third kappa shape index (κ3) is 4.00. The van der Waals surface area contributed by atoms with Gasteiger partial charge in [0, 0.05) is 23.5 Å². The van der Waals surface area contributed by atoms with Crippen molar-refractivity contribution < 1.29 is 8.42 Å². The molecule has 5 rings (SSSR count). The number of benzene rings is 2. The minimum absolute atomic E-state index is 0. The summed E-state index contributed by atoms with van der Waals surface area (Å²) in [4.78, 5) is 8.45. The predicted octanol–water partition coefficient (Wildman–Crippen LogP) is 3.75. The van der Waals surface area contributed by atoms with Crippen molar-refractivity contribution in [1.29, 1.82) is 0 Å². The number of rotatable bonds is 4. The summed E-state index contributed by atoms with van der Waals surface area (Å²) in [5, 5.41) is 5.93. The summed E-state index contributed by atoms with van der Waals surface area (Å²) in [5.74, 6) is 0.183. The summed E-state index contributed by atoms with van der Waals surface area (Å²) in [6, 6.07) is 18.0. The zero-order valence-electron chi connectivity index (χ0n) is 16.0. The second kappa shape index (κ2) is 7.86. The Morgan fingerprint density at radius 3 is 2.55 bits per heavy atom. The van der Waals surface area contributed by atoms with Gasteiger partial charge in [0.1, 0.15) is 0 Å². The predicted molar refractivity (Wildman–Crippen MR) is 123 cm³/mol. The molecule has 0 saturated carbocycles. The maximum absolute atomic E-state index is 12.9. The van der Waals surface area contributed by atoms with Crippen molar-refractivity contribution in [3.05, 3.63) is 79.3 Å². The zero-order chi connectivity index (χ0) is 20.7. The molecule has 0 fully saturated rings. The zero-order valence-corrected chi connectivity index (χ0v) is 17.6. The fraction of sp³-hybridized carbons (Fsp3) is 0. The lowest BCUT2D eigenvalue weighted by molar-refractivity contribution is 0.601. The molecule has 0 radical (unpaired) electrons. The highest BCUT2D eigenvalue weighted by molar-refractivity contribution is 7.92. The van der Waals surface area contributed by atoms with Gasteiger partial charge in [-0.15, -0.1) is 17.5 Å². The molecule has 0 aliphatic carbocycles. The molecule has 0 saturated heterocycles. The molecule has 5 aromatic rings. The van der Waals surface area contributed by atoms with Crippen LogP contribution in [0.5, 0.6) is 0 Å². The van der Waals surface area contributed by atoms with E-state index in [1.807, 2.05) is 30.3 Å². The van der Waals surface area contributed by atoms with E-state index in [1.165, 1.54) is 6.20 Å². The van der Waals surface area contributed by atoms with Gasteiger partial charge in [0.2, 0.25) is 5.95 Å². The third-order valence-corrected chi connectivity index (χ3v) is 6.08. The van der Waals surface area contributed by atoms with E-state index in [1.54, 1.807) is 47.2 Å². The average molecular weight is 453 g/mol. The molecule has 3 N–H and O–H groups in total. The Kier molecular flexibility index (Phi) is 5.22. The molecule has 0 spiro atoms. The SMILES string of the molecule is Cl.Nc1nc2ccc(-c3cncc(NS(=O)(=O)c4ccc5ccccc5c4)c3)cn2n1. The summed E-state index contributed by atoms with van der Waals surface area (Å²) in [6.45, 7) is 0. The minimum atomic E-state index is -3.77. The monoisotopic (exact) mass is 452 g/mol. The van der Waals surface area contributed by atoms with Crippen LogP contribution in [0.2, 0.25) is 0 Å². The maximum atomic E-state index is 12.9. The van der Waals surface area contributed by atoms with Gasteiger partial charge in [0.15, 0.2) is 5.65 Å². The molecule has 3 heterocycles. The maximum Gasteiger partial charge on any atom is 0.261 e. The number of hydrogen-bond acceptors (Lipinski definition) is 6. The van der Waals surface area contributed by atoms with Gasteiger partial charge in [-0.1, -0.05) is 30.3 Å². The Morgan fingerprint density at radius 2 is 1.71 bits per heavy atom. The van der Waals surface area contributed by atoms with Crippen LogP contribution in [0.25, 0.3) is 27.5 Å². The molecule has 0 bridgehead atoms. The molecule has 0 amide bonds. The summed E-state index contributed by atoms with van der Waals surface area (Å²) in [6.07, 6.45) is 4.88. The van der Waals surface area contributed by atoms with Crippen LogP contribution in [0.1, 0.15) is 0 Å². The number of nitrogens with zero attached hydrogens (tertiary/aromatic N) is 4. The van der Waals surface area contributed by atoms with Gasteiger partial charge in [0.25, 0.3) is 10.0 Å². The smallest absolute Gasteiger partial charge is 0.261 e. The Hall–Kier alpha value is -3.69. The van der Waals surface area contributed by atoms with E-state index >= 15 is 0 Å². The molecule has 0 unspecified atom stereocenters. The van der Waals surface area contributed by atoms with Gasteiger partial charge in [-0.05, 0) is 41.1 Å². The molecule has 2 aromatic carbocycles. The van der Waals surface area contributed by atoms with E-state index < -0.39 is 10.0 Å². The van der Waals surface area contributed by atoms with E-state index in [0.29, 0.717) is 11.3 Å². The van der Waals surface area contributed by atoms with Crippen LogP contribution in [-0.2, 0) is 10.0 Å². The fourth-order valence-corrected chi connectivity index (χ4v) is 4.34.